The number of carbonyl (C=O) groups is 3. The highest BCUT2D eigenvalue weighted by atomic mass is 19.1. The number of ketones is 1. The van der Waals surface area contributed by atoms with Crippen LogP contribution in [0.5, 0.6) is 0 Å². The van der Waals surface area contributed by atoms with Crippen molar-refractivity contribution in [2.24, 2.45) is 0 Å². The maximum absolute atomic E-state index is 13.6. The number of carboxylic acids is 1. The van der Waals surface area contributed by atoms with E-state index in [2.05, 4.69) is 0 Å². The Morgan fingerprint density at radius 1 is 1.08 bits per heavy atom. The highest BCUT2D eigenvalue weighted by Gasteiger charge is 2.26. The molecule has 2 aromatic carbocycles. The Labute approximate surface area is 147 Å². The summed E-state index contributed by atoms with van der Waals surface area (Å²) in [5.41, 5.74) is 0.100. The van der Waals surface area contributed by atoms with Crippen molar-refractivity contribution >= 4 is 17.8 Å². The average molecular weight is 363 g/mol. The molecule has 0 bridgehead atoms. The molecule has 0 saturated heterocycles. The normalized spacial score (nSPS) is 11.5. The number of benzene rings is 2. The van der Waals surface area contributed by atoms with E-state index in [0.29, 0.717) is 11.6 Å². The number of carbonyl (C=O) groups excluding carboxylic acids is 2. The van der Waals surface area contributed by atoms with E-state index in [9.17, 15) is 23.2 Å². The Balaban J connectivity index is 1.97. The van der Waals surface area contributed by atoms with Gasteiger partial charge in [-0.05, 0) is 23.8 Å². The summed E-state index contributed by atoms with van der Waals surface area (Å²) in [7, 11) is 0. The molecule has 0 fully saturated rings. The number of Topliss-reactive ketones (excluding diaryl/α,β-unsaturated/α-hetero) is 1. The molecule has 1 atom stereocenters. The largest absolute Gasteiger partial charge is 0.480 e. The summed E-state index contributed by atoms with van der Waals surface area (Å²) in [6.07, 6.45) is -1.80. The van der Waals surface area contributed by atoms with Crippen LogP contribution in [0.1, 0.15) is 22.3 Å². The minimum Gasteiger partial charge on any atom is -0.480 e. The minimum atomic E-state index is -1.64. The first kappa shape index (κ1) is 19.0. The number of ether oxygens (including phenoxy) is 1. The predicted octanol–water partition coefficient (Wildman–Crippen LogP) is 2.92. The topological polar surface area (TPSA) is 92.7 Å². The quantitative estimate of drug-likeness (QED) is 0.738. The van der Waals surface area contributed by atoms with Gasteiger partial charge in [-0.25, -0.2) is 18.4 Å². The highest BCUT2D eigenvalue weighted by Crippen LogP contribution is 2.13. The molecular formula is C18H15F2NO5. The zero-order valence-electron chi connectivity index (χ0n) is 13.4. The molecule has 6 nitrogen and oxygen atoms in total. The Kier molecular flexibility index (Phi) is 6.37. The third-order valence-electron chi connectivity index (χ3n) is 3.42. The summed E-state index contributed by atoms with van der Waals surface area (Å²) in [5.74, 6) is -4.28. The third-order valence-corrected chi connectivity index (χ3v) is 3.42. The fourth-order valence-electron chi connectivity index (χ4n) is 2.11. The van der Waals surface area contributed by atoms with Crippen LogP contribution in [0.25, 0.3) is 0 Å². The van der Waals surface area contributed by atoms with E-state index in [1.807, 2.05) is 5.32 Å². The first-order valence-corrected chi connectivity index (χ1v) is 7.55. The van der Waals surface area contributed by atoms with Crippen molar-refractivity contribution in [3.8, 4) is 0 Å². The first-order valence-electron chi connectivity index (χ1n) is 7.55. The second kappa shape index (κ2) is 8.70. The molecule has 0 aliphatic carbocycles. The number of halogens is 2. The minimum absolute atomic E-state index is 0.0918. The molecule has 0 saturated carbocycles. The highest BCUT2D eigenvalue weighted by molar-refractivity contribution is 5.99. The molecule has 8 heteroatoms. The van der Waals surface area contributed by atoms with Crippen molar-refractivity contribution in [2.75, 3.05) is 0 Å². The van der Waals surface area contributed by atoms with Crippen LogP contribution in [0.3, 0.4) is 0 Å². The van der Waals surface area contributed by atoms with Crippen LogP contribution in [0.15, 0.2) is 48.5 Å². The van der Waals surface area contributed by atoms with Crippen LogP contribution in [0.2, 0.25) is 0 Å². The standard InChI is InChI=1S/C18H15F2NO5/c19-12-6-7-14(20)13(8-12)16(22)9-15(17(23)24)21-18(25)26-10-11-4-2-1-3-5-11/h1-8,15H,9-10H2,(H,21,25)(H,23,24). The fraction of sp³-hybridized carbons (Fsp3) is 0.167. The van der Waals surface area contributed by atoms with Crippen molar-refractivity contribution in [2.45, 2.75) is 19.1 Å². The monoisotopic (exact) mass is 363 g/mol. The molecule has 2 N–H and O–H groups in total. The molecule has 26 heavy (non-hydrogen) atoms. The Morgan fingerprint density at radius 2 is 1.77 bits per heavy atom. The van der Waals surface area contributed by atoms with Crippen LogP contribution in [0.4, 0.5) is 13.6 Å². The molecular weight excluding hydrogens is 348 g/mol. The van der Waals surface area contributed by atoms with Gasteiger partial charge in [0.05, 0.1) is 5.56 Å². The maximum atomic E-state index is 13.6. The van der Waals surface area contributed by atoms with Gasteiger partial charge in [0.1, 0.15) is 24.3 Å². The van der Waals surface area contributed by atoms with E-state index in [1.165, 1.54) is 0 Å². The molecule has 0 aliphatic heterocycles. The number of hydrogen-bond acceptors (Lipinski definition) is 4. The average Bonchev–Trinajstić information content (AvgIpc) is 2.62. The number of carboxylic acid groups (broad SMARTS) is 1. The number of aliphatic carboxylic acids is 1. The summed E-state index contributed by atoms with van der Waals surface area (Å²) < 4.78 is 31.6. The lowest BCUT2D eigenvalue weighted by Gasteiger charge is -2.14. The van der Waals surface area contributed by atoms with E-state index in [-0.39, 0.29) is 6.61 Å². The van der Waals surface area contributed by atoms with E-state index in [4.69, 9.17) is 9.84 Å². The lowest BCUT2D eigenvalue weighted by atomic mass is 10.0. The van der Waals surface area contributed by atoms with Crippen LogP contribution in [-0.2, 0) is 16.1 Å². The third kappa shape index (κ3) is 5.37. The number of alkyl carbamates (subject to hydrolysis) is 1. The van der Waals surface area contributed by atoms with Crippen molar-refractivity contribution in [1.29, 1.82) is 0 Å². The first-order chi connectivity index (χ1) is 12.4. The van der Waals surface area contributed by atoms with Gasteiger partial charge in [0.25, 0.3) is 0 Å². The fourth-order valence-corrected chi connectivity index (χ4v) is 2.11. The van der Waals surface area contributed by atoms with E-state index in [0.717, 1.165) is 12.1 Å². The smallest absolute Gasteiger partial charge is 0.408 e. The SMILES string of the molecule is O=C(NC(CC(=O)c1cc(F)ccc1F)C(=O)O)OCc1ccccc1. The molecule has 0 aliphatic rings. The number of amides is 1. The summed E-state index contributed by atoms with van der Waals surface area (Å²) >= 11 is 0. The molecule has 0 heterocycles. The second-order valence-electron chi connectivity index (χ2n) is 5.35. The van der Waals surface area contributed by atoms with Crippen molar-refractivity contribution < 1.29 is 33.0 Å². The molecule has 0 radical (unpaired) electrons. The maximum Gasteiger partial charge on any atom is 0.408 e. The van der Waals surface area contributed by atoms with Gasteiger partial charge in [0, 0.05) is 6.42 Å². The van der Waals surface area contributed by atoms with Crippen LogP contribution in [0, 0.1) is 11.6 Å². The van der Waals surface area contributed by atoms with Gasteiger partial charge >= 0.3 is 12.1 Å². The van der Waals surface area contributed by atoms with Gasteiger partial charge in [-0.15, -0.1) is 0 Å². The molecule has 136 valence electrons. The van der Waals surface area contributed by atoms with E-state index < -0.39 is 47.5 Å². The van der Waals surface area contributed by atoms with E-state index in [1.54, 1.807) is 30.3 Å². The summed E-state index contributed by atoms with van der Waals surface area (Å²) in [4.78, 5) is 35.0. The predicted molar refractivity (Wildman–Crippen MR) is 86.5 cm³/mol. The van der Waals surface area contributed by atoms with Crippen molar-refractivity contribution in [3.05, 3.63) is 71.3 Å². The summed E-state index contributed by atoms with van der Waals surface area (Å²) in [6.45, 7) is -0.0918. The van der Waals surface area contributed by atoms with Crippen LogP contribution >= 0.6 is 0 Å². The molecule has 2 aromatic rings. The zero-order valence-corrected chi connectivity index (χ0v) is 13.4. The summed E-state index contributed by atoms with van der Waals surface area (Å²) in [6, 6.07) is 9.29. The molecule has 2 rings (SSSR count). The Bertz CT molecular complexity index is 810. The molecule has 0 spiro atoms. The van der Waals surface area contributed by atoms with E-state index >= 15 is 0 Å². The van der Waals surface area contributed by atoms with Gasteiger partial charge in [-0.1, -0.05) is 30.3 Å². The Hall–Kier alpha value is -3.29. The molecule has 0 aromatic heterocycles. The summed E-state index contributed by atoms with van der Waals surface area (Å²) in [5, 5.41) is 11.2. The van der Waals surface area contributed by atoms with Crippen LogP contribution in [-0.4, -0.2) is 29.0 Å². The number of nitrogens with one attached hydrogen (secondary N) is 1. The number of rotatable bonds is 7. The van der Waals surface area contributed by atoms with Gasteiger partial charge in [0.2, 0.25) is 0 Å². The second-order valence-corrected chi connectivity index (χ2v) is 5.35. The van der Waals surface area contributed by atoms with Crippen LogP contribution < -0.4 is 5.32 Å². The van der Waals surface area contributed by atoms with Crippen molar-refractivity contribution in [1.82, 2.24) is 5.32 Å². The van der Waals surface area contributed by atoms with Gasteiger partial charge in [-0.2, -0.15) is 0 Å². The molecule has 1 amide bonds. The van der Waals surface area contributed by atoms with Gasteiger partial charge < -0.3 is 15.2 Å². The van der Waals surface area contributed by atoms with Gasteiger partial charge in [-0.3, -0.25) is 4.79 Å². The number of hydrogen-bond donors (Lipinski definition) is 2. The Morgan fingerprint density at radius 3 is 2.42 bits per heavy atom. The lowest BCUT2D eigenvalue weighted by molar-refractivity contribution is -0.139. The van der Waals surface area contributed by atoms with Gasteiger partial charge in [0.15, 0.2) is 5.78 Å². The zero-order chi connectivity index (χ0) is 19.1. The van der Waals surface area contributed by atoms with Crippen molar-refractivity contribution in [3.63, 3.8) is 0 Å². The lowest BCUT2D eigenvalue weighted by Crippen LogP contribution is -2.42. The molecule has 1 unspecified atom stereocenters.